The van der Waals surface area contributed by atoms with E-state index < -0.39 is 6.10 Å². The summed E-state index contributed by atoms with van der Waals surface area (Å²) in [4.78, 5) is 4.82. The molecule has 2 aromatic rings. The van der Waals surface area contributed by atoms with Crippen LogP contribution in [0.2, 0.25) is 0 Å². The number of hydrogen-bond donors (Lipinski definition) is 1. The van der Waals surface area contributed by atoms with Crippen molar-refractivity contribution in [3.8, 4) is 0 Å². The summed E-state index contributed by atoms with van der Waals surface area (Å²) in [5, 5.41) is 14.9. The Morgan fingerprint density at radius 3 is 2.28 bits per heavy atom. The molecule has 0 radical (unpaired) electrons. The van der Waals surface area contributed by atoms with Crippen molar-refractivity contribution < 1.29 is 5.11 Å². The largest absolute Gasteiger partial charge is 0.387 e. The van der Waals surface area contributed by atoms with Crippen LogP contribution in [0.1, 0.15) is 38.0 Å². The van der Waals surface area contributed by atoms with E-state index in [2.05, 4.69) is 41.9 Å². The van der Waals surface area contributed by atoms with Crippen molar-refractivity contribution in [2.24, 2.45) is 0 Å². The molecule has 0 amide bonds. The summed E-state index contributed by atoms with van der Waals surface area (Å²) in [5.74, 6) is 0. The minimum absolute atomic E-state index is 0.0323. The molecule has 136 valence electrons. The Morgan fingerprint density at radius 2 is 1.68 bits per heavy atom. The number of aliphatic hydroxyl groups excluding tert-OH is 1. The fourth-order valence-corrected chi connectivity index (χ4v) is 3.22. The number of aliphatic hydroxyl groups is 1. The van der Waals surface area contributed by atoms with Gasteiger partial charge in [-0.25, -0.2) is 0 Å². The van der Waals surface area contributed by atoms with Crippen molar-refractivity contribution in [3.05, 3.63) is 53.9 Å². The molecule has 5 nitrogen and oxygen atoms in total. The van der Waals surface area contributed by atoms with Crippen molar-refractivity contribution in [1.82, 2.24) is 19.6 Å². The van der Waals surface area contributed by atoms with E-state index in [0.717, 1.165) is 38.3 Å². The van der Waals surface area contributed by atoms with Gasteiger partial charge in [0.15, 0.2) is 0 Å². The number of hydrogen-bond acceptors (Lipinski definition) is 4. The van der Waals surface area contributed by atoms with Crippen LogP contribution < -0.4 is 0 Å². The quantitative estimate of drug-likeness (QED) is 0.907. The Balaban J connectivity index is 1.46. The van der Waals surface area contributed by atoms with Crippen molar-refractivity contribution >= 4 is 0 Å². The van der Waals surface area contributed by atoms with Gasteiger partial charge in [0.25, 0.3) is 0 Å². The van der Waals surface area contributed by atoms with Crippen LogP contribution >= 0.6 is 0 Å². The van der Waals surface area contributed by atoms with Crippen LogP contribution in [0, 0.1) is 0 Å². The molecule has 0 aliphatic carbocycles. The molecule has 1 aliphatic heterocycles. The highest BCUT2D eigenvalue weighted by Gasteiger charge is 2.21. The minimum atomic E-state index is -0.405. The zero-order valence-corrected chi connectivity index (χ0v) is 15.6. The monoisotopic (exact) mass is 342 g/mol. The first-order valence-electron chi connectivity index (χ1n) is 9.13. The van der Waals surface area contributed by atoms with Crippen molar-refractivity contribution in [2.45, 2.75) is 39.0 Å². The van der Waals surface area contributed by atoms with E-state index >= 15 is 0 Å². The Kier molecular flexibility index (Phi) is 5.57. The third-order valence-corrected chi connectivity index (χ3v) is 4.81. The van der Waals surface area contributed by atoms with E-state index in [1.165, 1.54) is 5.56 Å². The van der Waals surface area contributed by atoms with Crippen LogP contribution in [0.15, 0.2) is 42.7 Å². The fraction of sp³-hybridized carbons (Fsp3) is 0.550. The highest BCUT2D eigenvalue weighted by atomic mass is 16.3. The van der Waals surface area contributed by atoms with Crippen LogP contribution in [0.5, 0.6) is 0 Å². The van der Waals surface area contributed by atoms with Gasteiger partial charge in [0, 0.05) is 51.0 Å². The lowest BCUT2D eigenvalue weighted by atomic mass is 10.1. The Hall–Kier alpha value is -1.69. The van der Waals surface area contributed by atoms with E-state index in [4.69, 9.17) is 0 Å². The summed E-state index contributed by atoms with van der Waals surface area (Å²) in [7, 11) is 0. The van der Waals surface area contributed by atoms with Crippen molar-refractivity contribution in [1.29, 1.82) is 0 Å². The predicted octanol–water partition coefficient (Wildman–Crippen LogP) is 2.49. The second-order valence-electron chi connectivity index (χ2n) is 7.97. The molecule has 0 saturated carbocycles. The average Bonchev–Trinajstić information content (AvgIpc) is 3.06. The number of aromatic nitrogens is 2. The van der Waals surface area contributed by atoms with Gasteiger partial charge < -0.3 is 5.11 Å². The Bertz CT molecular complexity index is 654. The highest BCUT2D eigenvalue weighted by Crippen LogP contribution is 2.17. The first-order valence-corrected chi connectivity index (χ1v) is 9.13. The van der Waals surface area contributed by atoms with Crippen LogP contribution in [0.25, 0.3) is 0 Å². The molecule has 1 N–H and O–H groups in total. The van der Waals surface area contributed by atoms with Gasteiger partial charge >= 0.3 is 0 Å². The predicted molar refractivity (Wildman–Crippen MR) is 100 cm³/mol. The molecular formula is C20H30N4O. The summed E-state index contributed by atoms with van der Waals surface area (Å²) in [6.07, 6.45) is 3.74. The van der Waals surface area contributed by atoms with Crippen LogP contribution in [-0.2, 0) is 12.1 Å². The van der Waals surface area contributed by atoms with Gasteiger partial charge in [0.05, 0.1) is 17.8 Å². The van der Waals surface area contributed by atoms with E-state index in [0.29, 0.717) is 6.54 Å². The van der Waals surface area contributed by atoms with Crippen LogP contribution in [0.3, 0.4) is 0 Å². The standard InChI is InChI=1S/C20H30N4O/c1-20(2,3)24-15-17(13-21-24)14-22-9-11-23(12-10-22)16-19(25)18-7-5-4-6-8-18/h4-8,13,15,19,25H,9-12,14,16H2,1-3H3. The van der Waals surface area contributed by atoms with Crippen molar-refractivity contribution in [3.63, 3.8) is 0 Å². The van der Waals surface area contributed by atoms with Gasteiger partial charge in [0.1, 0.15) is 0 Å². The first-order chi connectivity index (χ1) is 11.9. The van der Waals surface area contributed by atoms with Gasteiger partial charge in [-0.1, -0.05) is 30.3 Å². The molecule has 25 heavy (non-hydrogen) atoms. The summed E-state index contributed by atoms with van der Waals surface area (Å²) in [6.45, 7) is 12.2. The molecule has 1 aliphatic rings. The SMILES string of the molecule is CC(C)(C)n1cc(CN2CCN(CC(O)c3ccccc3)CC2)cn1. The molecule has 1 saturated heterocycles. The second-order valence-corrected chi connectivity index (χ2v) is 7.97. The molecule has 5 heteroatoms. The molecule has 1 unspecified atom stereocenters. The van der Waals surface area contributed by atoms with E-state index in [1.54, 1.807) is 0 Å². The Morgan fingerprint density at radius 1 is 1.04 bits per heavy atom. The molecular weight excluding hydrogens is 312 g/mol. The normalized spacial score (nSPS) is 18.4. The zero-order valence-electron chi connectivity index (χ0n) is 15.6. The summed E-state index contributed by atoms with van der Waals surface area (Å²) < 4.78 is 2.04. The summed E-state index contributed by atoms with van der Waals surface area (Å²) in [5.41, 5.74) is 2.30. The molecule has 1 aromatic carbocycles. The van der Waals surface area contributed by atoms with E-state index in [1.807, 2.05) is 41.2 Å². The highest BCUT2D eigenvalue weighted by molar-refractivity contribution is 5.17. The van der Waals surface area contributed by atoms with Crippen LogP contribution in [0.4, 0.5) is 0 Å². The number of β-amino-alcohol motifs (C(OH)–C–C–N with tert-alkyl or cyclic N) is 1. The maximum atomic E-state index is 10.4. The average molecular weight is 342 g/mol. The summed E-state index contributed by atoms with van der Waals surface area (Å²) >= 11 is 0. The lowest BCUT2D eigenvalue weighted by Gasteiger charge is -2.35. The van der Waals surface area contributed by atoms with Gasteiger partial charge in [-0.05, 0) is 26.3 Å². The maximum absolute atomic E-state index is 10.4. The van der Waals surface area contributed by atoms with Gasteiger partial charge in [-0.3, -0.25) is 14.5 Å². The second kappa shape index (κ2) is 7.68. The zero-order chi connectivity index (χ0) is 17.9. The lowest BCUT2D eigenvalue weighted by Crippen LogP contribution is -2.47. The van der Waals surface area contributed by atoms with Gasteiger partial charge in [0.2, 0.25) is 0 Å². The van der Waals surface area contributed by atoms with Gasteiger partial charge in [-0.15, -0.1) is 0 Å². The molecule has 1 fully saturated rings. The minimum Gasteiger partial charge on any atom is -0.387 e. The first kappa shape index (κ1) is 18.1. The third kappa shape index (κ3) is 4.91. The molecule has 3 rings (SSSR count). The van der Waals surface area contributed by atoms with Crippen LogP contribution in [-0.4, -0.2) is 57.4 Å². The maximum Gasteiger partial charge on any atom is 0.0916 e. The van der Waals surface area contributed by atoms with E-state index in [9.17, 15) is 5.11 Å². The number of piperazine rings is 1. The fourth-order valence-electron chi connectivity index (χ4n) is 3.22. The number of rotatable bonds is 5. The number of benzene rings is 1. The van der Waals surface area contributed by atoms with Gasteiger partial charge in [-0.2, -0.15) is 5.10 Å². The topological polar surface area (TPSA) is 44.5 Å². The summed E-state index contributed by atoms with van der Waals surface area (Å²) in [6, 6.07) is 9.93. The molecule has 1 aromatic heterocycles. The van der Waals surface area contributed by atoms with Crippen molar-refractivity contribution in [2.75, 3.05) is 32.7 Å². The molecule has 1 atom stereocenters. The lowest BCUT2D eigenvalue weighted by molar-refractivity contribution is 0.0701. The Labute approximate surface area is 150 Å². The third-order valence-electron chi connectivity index (χ3n) is 4.81. The van der Waals surface area contributed by atoms with E-state index in [-0.39, 0.29) is 5.54 Å². The molecule has 0 spiro atoms. The number of nitrogens with zero attached hydrogens (tertiary/aromatic N) is 4. The smallest absolute Gasteiger partial charge is 0.0916 e. The molecule has 2 heterocycles. The molecule has 0 bridgehead atoms.